The highest BCUT2D eigenvalue weighted by molar-refractivity contribution is 4.90. The predicted molar refractivity (Wildman–Crippen MR) is 55.9 cm³/mol. The standard InChI is InChI=1S/C11H22N2/c1-9-5-4-8-13(9)11-6-3-7-12-10(11)2/h9-12H,3-8H2,1-2H3. The van der Waals surface area contributed by atoms with E-state index in [0.29, 0.717) is 6.04 Å². The summed E-state index contributed by atoms with van der Waals surface area (Å²) < 4.78 is 0. The van der Waals surface area contributed by atoms with Gasteiger partial charge in [0.25, 0.3) is 0 Å². The largest absolute Gasteiger partial charge is 0.313 e. The lowest BCUT2D eigenvalue weighted by atomic mass is 9.97. The van der Waals surface area contributed by atoms with Gasteiger partial charge in [0, 0.05) is 18.1 Å². The summed E-state index contributed by atoms with van der Waals surface area (Å²) in [7, 11) is 0. The van der Waals surface area contributed by atoms with E-state index in [1.807, 2.05) is 0 Å². The first kappa shape index (κ1) is 9.47. The molecule has 0 saturated carbocycles. The highest BCUT2D eigenvalue weighted by Gasteiger charge is 2.32. The number of nitrogens with one attached hydrogen (secondary N) is 1. The highest BCUT2D eigenvalue weighted by atomic mass is 15.2. The molecule has 76 valence electrons. The van der Waals surface area contributed by atoms with Crippen LogP contribution in [-0.2, 0) is 0 Å². The Morgan fingerprint density at radius 1 is 1.15 bits per heavy atom. The average Bonchev–Trinajstić information content (AvgIpc) is 2.52. The number of hydrogen-bond acceptors (Lipinski definition) is 2. The van der Waals surface area contributed by atoms with Gasteiger partial charge < -0.3 is 5.32 Å². The molecule has 0 radical (unpaired) electrons. The summed E-state index contributed by atoms with van der Waals surface area (Å²) in [4.78, 5) is 2.72. The number of likely N-dealkylation sites (tertiary alicyclic amines) is 1. The first-order valence-corrected chi connectivity index (χ1v) is 5.78. The fourth-order valence-electron chi connectivity index (χ4n) is 2.93. The topological polar surface area (TPSA) is 15.3 Å². The van der Waals surface area contributed by atoms with Crippen LogP contribution in [0.4, 0.5) is 0 Å². The van der Waals surface area contributed by atoms with Crippen molar-refractivity contribution in [3.8, 4) is 0 Å². The van der Waals surface area contributed by atoms with Gasteiger partial charge in [0.15, 0.2) is 0 Å². The van der Waals surface area contributed by atoms with E-state index in [4.69, 9.17) is 0 Å². The molecule has 0 bridgehead atoms. The smallest absolute Gasteiger partial charge is 0.0249 e. The molecule has 1 N–H and O–H groups in total. The molecule has 0 aliphatic carbocycles. The number of nitrogens with zero attached hydrogens (tertiary/aromatic N) is 1. The van der Waals surface area contributed by atoms with Gasteiger partial charge in [-0.2, -0.15) is 0 Å². The van der Waals surface area contributed by atoms with E-state index < -0.39 is 0 Å². The minimum atomic E-state index is 0.703. The van der Waals surface area contributed by atoms with Crippen molar-refractivity contribution in [3.05, 3.63) is 0 Å². The Morgan fingerprint density at radius 3 is 2.62 bits per heavy atom. The van der Waals surface area contributed by atoms with Crippen molar-refractivity contribution < 1.29 is 0 Å². The molecule has 2 heterocycles. The van der Waals surface area contributed by atoms with Crippen LogP contribution >= 0.6 is 0 Å². The molecule has 0 aromatic rings. The maximum Gasteiger partial charge on any atom is 0.0249 e. The van der Waals surface area contributed by atoms with Crippen LogP contribution in [0.5, 0.6) is 0 Å². The summed E-state index contributed by atoms with van der Waals surface area (Å²) in [5, 5.41) is 3.59. The van der Waals surface area contributed by atoms with Crippen LogP contribution < -0.4 is 5.32 Å². The molecule has 0 aromatic carbocycles. The van der Waals surface area contributed by atoms with Crippen LogP contribution in [0.1, 0.15) is 39.5 Å². The lowest BCUT2D eigenvalue weighted by Crippen LogP contribution is -2.53. The lowest BCUT2D eigenvalue weighted by Gasteiger charge is -2.39. The Kier molecular flexibility index (Phi) is 2.89. The Balaban J connectivity index is 1.97. The molecule has 13 heavy (non-hydrogen) atoms. The molecule has 2 nitrogen and oxygen atoms in total. The Labute approximate surface area is 81.7 Å². The van der Waals surface area contributed by atoms with Gasteiger partial charge in [-0.1, -0.05) is 0 Å². The van der Waals surface area contributed by atoms with Crippen LogP contribution in [0.2, 0.25) is 0 Å². The molecule has 3 atom stereocenters. The minimum Gasteiger partial charge on any atom is -0.313 e. The number of hydrogen-bond donors (Lipinski definition) is 1. The molecule has 3 unspecified atom stereocenters. The molecule has 2 rings (SSSR count). The summed E-state index contributed by atoms with van der Waals surface area (Å²) in [6.07, 6.45) is 5.57. The fourth-order valence-corrected chi connectivity index (χ4v) is 2.93. The van der Waals surface area contributed by atoms with E-state index in [2.05, 4.69) is 24.1 Å². The van der Waals surface area contributed by atoms with Crippen molar-refractivity contribution in [2.75, 3.05) is 13.1 Å². The van der Waals surface area contributed by atoms with Crippen molar-refractivity contribution >= 4 is 0 Å². The van der Waals surface area contributed by atoms with Gasteiger partial charge >= 0.3 is 0 Å². The molecule has 2 saturated heterocycles. The quantitative estimate of drug-likeness (QED) is 0.663. The third-order valence-electron chi connectivity index (χ3n) is 3.75. The van der Waals surface area contributed by atoms with Crippen molar-refractivity contribution in [1.82, 2.24) is 10.2 Å². The van der Waals surface area contributed by atoms with Gasteiger partial charge in [0.2, 0.25) is 0 Å². The molecule has 0 spiro atoms. The Hall–Kier alpha value is -0.0800. The Bertz CT molecular complexity index is 169. The van der Waals surface area contributed by atoms with Gasteiger partial charge in [0.05, 0.1) is 0 Å². The van der Waals surface area contributed by atoms with Crippen LogP contribution in [0.3, 0.4) is 0 Å². The Morgan fingerprint density at radius 2 is 2.00 bits per heavy atom. The molecule has 2 heteroatoms. The van der Waals surface area contributed by atoms with Crippen LogP contribution in [0.15, 0.2) is 0 Å². The summed E-state index contributed by atoms with van der Waals surface area (Å²) in [6.45, 7) is 7.28. The van der Waals surface area contributed by atoms with E-state index in [-0.39, 0.29) is 0 Å². The summed E-state index contributed by atoms with van der Waals surface area (Å²) in [6, 6.07) is 2.34. The van der Waals surface area contributed by atoms with Crippen LogP contribution in [-0.4, -0.2) is 36.1 Å². The summed E-state index contributed by atoms with van der Waals surface area (Å²) in [5.41, 5.74) is 0. The third kappa shape index (κ3) is 1.89. The second kappa shape index (κ2) is 3.97. The molecular formula is C11H22N2. The lowest BCUT2D eigenvalue weighted by molar-refractivity contribution is 0.128. The maximum atomic E-state index is 3.59. The zero-order chi connectivity index (χ0) is 9.26. The number of piperidine rings is 1. The SMILES string of the molecule is CC1NCCCC1N1CCCC1C. The summed E-state index contributed by atoms with van der Waals surface area (Å²) >= 11 is 0. The van der Waals surface area contributed by atoms with E-state index in [1.54, 1.807) is 0 Å². The van der Waals surface area contributed by atoms with Crippen molar-refractivity contribution in [1.29, 1.82) is 0 Å². The second-order valence-electron chi connectivity index (χ2n) is 4.68. The normalized spacial score (nSPS) is 42.5. The van der Waals surface area contributed by atoms with Crippen molar-refractivity contribution in [2.45, 2.75) is 57.7 Å². The molecule has 0 amide bonds. The molecule has 2 fully saturated rings. The van der Waals surface area contributed by atoms with Gasteiger partial charge in [-0.15, -0.1) is 0 Å². The van der Waals surface area contributed by atoms with Crippen LogP contribution in [0, 0.1) is 0 Å². The van der Waals surface area contributed by atoms with E-state index in [9.17, 15) is 0 Å². The zero-order valence-electron chi connectivity index (χ0n) is 8.92. The monoisotopic (exact) mass is 182 g/mol. The van der Waals surface area contributed by atoms with Gasteiger partial charge in [0.1, 0.15) is 0 Å². The second-order valence-corrected chi connectivity index (χ2v) is 4.68. The molecule has 2 aliphatic heterocycles. The fraction of sp³-hybridized carbons (Fsp3) is 1.00. The molecular weight excluding hydrogens is 160 g/mol. The highest BCUT2D eigenvalue weighted by Crippen LogP contribution is 2.25. The van der Waals surface area contributed by atoms with Gasteiger partial charge in [-0.3, -0.25) is 4.90 Å². The minimum absolute atomic E-state index is 0.703. The first-order chi connectivity index (χ1) is 6.29. The molecule has 2 aliphatic rings. The van der Waals surface area contributed by atoms with E-state index in [0.717, 1.165) is 12.1 Å². The zero-order valence-corrected chi connectivity index (χ0v) is 8.92. The molecule has 0 aromatic heterocycles. The van der Waals surface area contributed by atoms with Gasteiger partial charge in [-0.05, 0) is 52.6 Å². The van der Waals surface area contributed by atoms with Crippen LogP contribution in [0.25, 0.3) is 0 Å². The number of rotatable bonds is 1. The van der Waals surface area contributed by atoms with Crippen molar-refractivity contribution in [2.24, 2.45) is 0 Å². The van der Waals surface area contributed by atoms with E-state index in [1.165, 1.54) is 38.8 Å². The van der Waals surface area contributed by atoms with E-state index >= 15 is 0 Å². The van der Waals surface area contributed by atoms with Gasteiger partial charge in [-0.25, -0.2) is 0 Å². The first-order valence-electron chi connectivity index (χ1n) is 5.78. The average molecular weight is 182 g/mol. The summed E-state index contributed by atoms with van der Waals surface area (Å²) in [5.74, 6) is 0. The third-order valence-corrected chi connectivity index (χ3v) is 3.75. The maximum absolute atomic E-state index is 3.59. The predicted octanol–water partition coefficient (Wildman–Crippen LogP) is 1.61. The van der Waals surface area contributed by atoms with Crippen molar-refractivity contribution in [3.63, 3.8) is 0 Å².